The number of hydrogen-bond donors (Lipinski definition) is 0. The normalized spacial score (nSPS) is 37.6. The zero-order valence-corrected chi connectivity index (χ0v) is 8.21. The molecule has 1 aliphatic carbocycles. The topological polar surface area (TPSA) is 17.1 Å². The van der Waals surface area contributed by atoms with Gasteiger partial charge in [0.15, 0.2) is 0 Å². The third-order valence-corrected chi connectivity index (χ3v) is 3.00. The molecule has 0 aromatic heterocycles. The molecule has 0 spiro atoms. The van der Waals surface area contributed by atoms with E-state index in [1.165, 1.54) is 0 Å². The highest BCUT2D eigenvalue weighted by Crippen LogP contribution is 2.32. The molecule has 1 rings (SSSR count). The van der Waals surface area contributed by atoms with Crippen molar-refractivity contribution in [3.05, 3.63) is 12.2 Å². The monoisotopic (exact) mass is 166 g/mol. The van der Waals surface area contributed by atoms with E-state index in [-0.39, 0.29) is 5.92 Å². The quantitative estimate of drug-likeness (QED) is 0.547. The van der Waals surface area contributed by atoms with Gasteiger partial charge >= 0.3 is 0 Å². The van der Waals surface area contributed by atoms with Gasteiger partial charge in [0.05, 0.1) is 0 Å². The fourth-order valence-corrected chi connectivity index (χ4v) is 2.08. The standard InChI is InChI=1S/C11H18O/c1-4-5-10-8(2)6-7-11(12)9(10)3/h4-5,8-10H,6-7H2,1-3H3/b5-4+. The second-order valence-corrected chi connectivity index (χ2v) is 3.87. The van der Waals surface area contributed by atoms with Crippen molar-refractivity contribution in [1.82, 2.24) is 0 Å². The van der Waals surface area contributed by atoms with Gasteiger partial charge in [0.25, 0.3) is 0 Å². The minimum atomic E-state index is 0.241. The van der Waals surface area contributed by atoms with Crippen LogP contribution < -0.4 is 0 Å². The molecule has 0 aliphatic heterocycles. The molecule has 1 nitrogen and oxygen atoms in total. The zero-order chi connectivity index (χ0) is 9.14. The van der Waals surface area contributed by atoms with Crippen LogP contribution in [0.1, 0.15) is 33.6 Å². The van der Waals surface area contributed by atoms with Crippen LogP contribution >= 0.6 is 0 Å². The molecule has 0 heterocycles. The summed E-state index contributed by atoms with van der Waals surface area (Å²) >= 11 is 0. The molecule has 0 radical (unpaired) electrons. The number of Topliss-reactive ketones (excluding diaryl/α,β-unsaturated/α-hetero) is 1. The third-order valence-electron chi connectivity index (χ3n) is 3.00. The number of rotatable bonds is 1. The van der Waals surface area contributed by atoms with Gasteiger partial charge in [-0.2, -0.15) is 0 Å². The van der Waals surface area contributed by atoms with Gasteiger partial charge in [-0.15, -0.1) is 0 Å². The average molecular weight is 166 g/mol. The lowest BCUT2D eigenvalue weighted by Crippen LogP contribution is -2.30. The van der Waals surface area contributed by atoms with Crippen molar-refractivity contribution >= 4 is 5.78 Å². The predicted octanol–water partition coefficient (Wildman–Crippen LogP) is 2.81. The maximum absolute atomic E-state index is 11.4. The van der Waals surface area contributed by atoms with Crippen molar-refractivity contribution in [3.63, 3.8) is 0 Å². The molecule has 1 fully saturated rings. The number of carbonyl (C=O) groups is 1. The van der Waals surface area contributed by atoms with E-state index in [0.29, 0.717) is 17.6 Å². The Morgan fingerprint density at radius 2 is 2.08 bits per heavy atom. The maximum Gasteiger partial charge on any atom is 0.136 e. The predicted molar refractivity (Wildman–Crippen MR) is 50.9 cm³/mol. The molecular formula is C11H18O. The second-order valence-electron chi connectivity index (χ2n) is 3.87. The highest BCUT2D eigenvalue weighted by molar-refractivity contribution is 5.82. The van der Waals surface area contributed by atoms with E-state index in [4.69, 9.17) is 0 Å². The Balaban J connectivity index is 2.71. The molecule has 1 saturated carbocycles. The van der Waals surface area contributed by atoms with Crippen LogP contribution in [0.5, 0.6) is 0 Å². The molecule has 0 aromatic carbocycles. The molecule has 0 saturated heterocycles. The lowest BCUT2D eigenvalue weighted by atomic mass is 9.73. The van der Waals surface area contributed by atoms with E-state index < -0.39 is 0 Å². The second kappa shape index (κ2) is 3.88. The Bertz CT molecular complexity index is 193. The van der Waals surface area contributed by atoms with Crippen LogP contribution in [0.3, 0.4) is 0 Å². The molecule has 0 N–H and O–H groups in total. The summed E-state index contributed by atoms with van der Waals surface area (Å²) < 4.78 is 0. The highest BCUT2D eigenvalue weighted by atomic mass is 16.1. The van der Waals surface area contributed by atoms with Crippen LogP contribution in [0.4, 0.5) is 0 Å². The summed E-state index contributed by atoms with van der Waals surface area (Å²) in [6.07, 6.45) is 6.11. The van der Waals surface area contributed by atoms with Crippen LogP contribution in [-0.2, 0) is 4.79 Å². The van der Waals surface area contributed by atoms with Crippen molar-refractivity contribution in [2.75, 3.05) is 0 Å². The van der Waals surface area contributed by atoms with Gasteiger partial charge in [-0.25, -0.2) is 0 Å². The van der Waals surface area contributed by atoms with Crippen LogP contribution in [0, 0.1) is 17.8 Å². The number of hydrogen-bond acceptors (Lipinski definition) is 1. The van der Waals surface area contributed by atoms with E-state index in [0.717, 1.165) is 12.8 Å². The summed E-state index contributed by atoms with van der Waals surface area (Å²) in [6.45, 7) is 6.33. The van der Waals surface area contributed by atoms with Crippen molar-refractivity contribution in [2.24, 2.45) is 17.8 Å². The molecule has 1 heteroatoms. The summed E-state index contributed by atoms with van der Waals surface area (Å²) in [7, 11) is 0. The molecule has 68 valence electrons. The molecule has 12 heavy (non-hydrogen) atoms. The Morgan fingerprint density at radius 1 is 1.42 bits per heavy atom. The van der Waals surface area contributed by atoms with E-state index in [1.807, 2.05) is 6.92 Å². The largest absolute Gasteiger partial charge is 0.299 e. The minimum Gasteiger partial charge on any atom is -0.299 e. The Labute approximate surface area is 74.9 Å². The van der Waals surface area contributed by atoms with Crippen molar-refractivity contribution in [1.29, 1.82) is 0 Å². The van der Waals surface area contributed by atoms with Gasteiger partial charge in [0.2, 0.25) is 0 Å². The first-order valence-corrected chi connectivity index (χ1v) is 4.82. The van der Waals surface area contributed by atoms with Crippen molar-refractivity contribution in [3.8, 4) is 0 Å². The van der Waals surface area contributed by atoms with Gasteiger partial charge < -0.3 is 0 Å². The van der Waals surface area contributed by atoms with Gasteiger partial charge in [-0.3, -0.25) is 4.79 Å². The van der Waals surface area contributed by atoms with Gasteiger partial charge in [0, 0.05) is 12.3 Å². The number of ketones is 1. The molecule has 0 bridgehead atoms. The van der Waals surface area contributed by atoms with Gasteiger partial charge in [-0.1, -0.05) is 26.0 Å². The molecule has 3 atom stereocenters. The third kappa shape index (κ3) is 1.77. The SMILES string of the molecule is C/C=C/C1C(C)CCC(=O)C1C. The average Bonchev–Trinajstić information content (AvgIpc) is 2.06. The smallest absolute Gasteiger partial charge is 0.136 e. The van der Waals surface area contributed by atoms with E-state index in [2.05, 4.69) is 26.0 Å². The van der Waals surface area contributed by atoms with Crippen LogP contribution in [0.2, 0.25) is 0 Å². The summed E-state index contributed by atoms with van der Waals surface area (Å²) in [5.41, 5.74) is 0. The minimum absolute atomic E-state index is 0.241. The van der Waals surface area contributed by atoms with E-state index in [1.54, 1.807) is 0 Å². The molecule has 0 amide bonds. The first-order valence-electron chi connectivity index (χ1n) is 4.82. The van der Waals surface area contributed by atoms with Crippen molar-refractivity contribution in [2.45, 2.75) is 33.6 Å². The van der Waals surface area contributed by atoms with Crippen LogP contribution in [0.15, 0.2) is 12.2 Å². The summed E-state index contributed by atoms with van der Waals surface area (Å²) in [5.74, 6) is 1.84. The zero-order valence-electron chi connectivity index (χ0n) is 8.21. The summed E-state index contributed by atoms with van der Waals surface area (Å²) in [5, 5.41) is 0. The first kappa shape index (κ1) is 9.50. The first-order chi connectivity index (χ1) is 5.66. The lowest BCUT2D eigenvalue weighted by molar-refractivity contribution is -0.126. The Morgan fingerprint density at radius 3 is 2.67 bits per heavy atom. The molecule has 3 unspecified atom stereocenters. The number of allylic oxidation sites excluding steroid dienone is 2. The fourth-order valence-electron chi connectivity index (χ4n) is 2.08. The summed E-state index contributed by atoms with van der Waals surface area (Å²) in [6, 6.07) is 0. The van der Waals surface area contributed by atoms with Crippen molar-refractivity contribution < 1.29 is 4.79 Å². The molecular weight excluding hydrogens is 148 g/mol. The molecule has 1 aliphatic rings. The fraction of sp³-hybridized carbons (Fsp3) is 0.727. The van der Waals surface area contributed by atoms with Crippen LogP contribution in [-0.4, -0.2) is 5.78 Å². The lowest BCUT2D eigenvalue weighted by Gasteiger charge is -2.31. The highest BCUT2D eigenvalue weighted by Gasteiger charge is 2.30. The Kier molecular flexibility index (Phi) is 3.07. The Hall–Kier alpha value is -0.590. The van der Waals surface area contributed by atoms with Gasteiger partial charge in [0.1, 0.15) is 5.78 Å². The van der Waals surface area contributed by atoms with Gasteiger partial charge in [-0.05, 0) is 25.2 Å². The van der Waals surface area contributed by atoms with Crippen LogP contribution in [0.25, 0.3) is 0 Å². The number of carbonyl (C=O) groups excluding carboxylic acids is 1. The van der Waals surface area contributed by atoms with E-state index in [9.17, 15) is 4.79 Å². The maximum atomic E-state index is 11.4. The summed E-state index contributed by atoms with van der Waals surface area (Å²) in [4.78, 5) is 11.4. The molecule has 0 aromatic rings. The van der Waals surface area contributed by atoms with E-state index >= 15 is 0 Å².